The van der Waals surface area contributed by atoms with Gasteiger partial charge in [-0.1, -0.05) is 0 Å². The van der Waals surface area contributed by atoms with Crippen molar-refractivity contribution in [1.82, 2.24) is 0 Å². The highest BCUT2D eigenvalue weighted by atomic mass is 16.5. The molecule has 90 valence electrons. The van der Waals surface area contributed by atoms with Gasteiger partial charge in [0.25, 0.3) is 0 Å². The molecule has 0 atom stereocenters. The minimum atomic E-state index is 0.315. The molecular weight excluding hydrogens is 212 g/mol. The molecule has 1 rings (SSSR count). The molecule has 0 fully saturated rings. The Bertz CT molecular complexity index is 294. The molecule has 0 aliphatic rings. The van der Waals surface area contributed by atoms with E-state index in [4.69, 9.17) is 18.6 Å². The largest absolute Gasteiger partial charge is 0.456 e. The minimum absolute atomic E-state index is 0.315. The molecule has 0 saturated heterocycles. The zero-order valence-electron chi connectivity index (χ0n) is 9.31. The normalized spacial score (nSPS) is 10.6. The van der Waals surface area contributed by atoms with Crippen molar-refractivity contribution in [3.63, 3.8) is 0 Å². The molecule has 0 unspecified atom stereocenters. The average molecular weight is 228 g/mol. The fourth-order valence-electron chi connectivity index (χ4n) is 1.07. The molecule has 1 aromatic rings. The van der Waals surface area contributed by atoms with Crippen LogP contribution in [0.5, 0.6) is 0 Å². The summed E-state index contributed by atoms with van der Waals surface area (Å²) in [5, 5.41) is 0. The first-order chi connectivity index (χ1) is 7.86. The van der Waals surface area contributed by atoms with E-state index in [1.54, 1.807) is 19.2 Å². The van der Waals surface area contributed by atoms with Crippen molar-refractivity contribution in [3.05, 3.63) is 23.7 Å². The van der Waals surface area contributed by atoms with Gasteiger partial charge in [0, 0.05) is 7.11 Å². The molecule has 0 aliphatic carbocycles. The van der Waals surface area contributed by atoms with Crippen LogP contribution in [0.1, 0.15) is 16.3 Å². The van der Waals surface area contributed by atoms with Crippen LogP contribution in [0.25, 0.3) is 0 Å². The maximum Gasteiger partial charge on any atom is 0.185 e. The number of methoxy groups -OCH3 is 1. The quantitative estimate of drug-likeness (QED) is 0.470. The van der Waals surface area contributed by atoms with E-state index in [9.17, 15) is 4.79 Å². The summed E-state index contributed by atoms with van der Waals surface area (Å²) in [5.41, 5.74) is 0. The zero-order chi connectivity index (χ0) is 11.6. The van der Waals surface area contributed by atoms with Gasteiger partial charge in [-0.15, -0.1) is 0 Å². The van der Waals surface area contributed by atoms with Crippen LogP contribution < -0.4 is 0 Å². The van der Waals surface area contributed by atoms with E-state index in [2.05, 4.69) is 0 Å². The van der Waals surface area contributed by atoms with Crippen LogP contribution in [-0.4, -0.2) is 39.8 Å². The van der Waals surface area contributed by atoms with Crippen molar-refractivity contribution in [2.24, 2.45) is 0 Å². The van der Waals surface area contributed by atoms with Gasteiger partial charge in [-0.05, 0) is 12.1 Å². The molecule has 0 N–H and O–H groups in total. The van der Waals surface area contributed by atoms with Crippen molar-refractivity contribution >= 4 is 6.29 Å². The Morgan fingerprint density at radius 2 is 1.94 bits per heavy atom. The molecular formula is C11H16O5. The minimum Gasteiger partial charge on any atom is -0.456 e. The molecule has 0 bridgehead atoms. The highest BCUT2D eigenvalue weighted by molar-refractivity contribution is 5.70. The molecule has 0 aliphatic heterocycles. The van der Waals surface area contributed by atoms with Crippen LogP contribution in [0.3, 0.4) is 0 Å². The van der Waals surface area contributed by atoms with Gasteiger partial charge in [-0.25, -0.2) is 0 Å². The Kier molecular flexibility index (Phi) is 6.48. The third-order valence-corrected chi connectivity index (χ3v) is 1.85. The molecule has 0 saturated carbocycles. The van der Waals surface area contributed by atoms with Gasteiger partial charge in [-0.3, -0.25) is 4.79 Å². The molecule has 1 aromatic heterocycles. The summed E-state index contributed by atoms with van der Waals surface area (Å²) in [4.78, 5) is 10.3. The second kappa shape index (κ2) is 8.04. The topological polar surface area (TPSA) is 57.9 Å². The first-order valence-electron chi connectivity index (χ1n) is 5.05. The van der Waals surface area contributed by atoms with Crippen LogP contribution in [0.2, 0.25) is 0 Å². The van der Waals surface area contributed by atoms with Gasteiger partial charge in [0.05, 0.1) is 26.4 Å². The van der Waals surface area contributed by atoms with Crippen LogP contribution in [0.15, 0.2) is 16.5 Å². The highest BCUT2D eigenvalue weighted by Crippen LogP contribution is 2.06. The summed E-state index contributed by atoms with van der Waals surface area (Å²) in [7, 11) is 1.63. The summed E-state index contributed by atoms with van der Waals surface area (Å²) >= 11 is 0. The van der Waals surface area contributed by atoms with E-state index in [-0.39, 0.29) is 0 Å². The number of hydrogen-bond acceptors (Lipinski definition) is 5. The summed E-state index contributed by atoms with van der Waals surface area (Å²) in [6.45, 7) is 2.50. The molecule has 0 spiro atoms. The number of carbonyl (C=O) groups excluding carboxylic acids is 1. The third kappa shape index (κ3) is 5.06. The molecule has 0 aromatic carbocycles. The molecule has 5 nitrogen and oxygen atoms in total. The zero-order valence-corrected chi connectivity index (χ0v) is 9.31. The number of aldehydes is 1. The molecule has 16 heavy (non-hydrogen) atoms. The predicted molar refractivity (Wildman–Crippen MR) is 56.4 cm³/mol. The number of ether oxygens (including phenoxy) is 3. The fourth-order valence-corrected chi connectivity index (χ4v) is 1.07. The lowest BCUT2D eigenvalue weighted by molar-refractivity contribution is 0.0160. The van der Waals surface area contributed by atoms with Gasteiger partial charge in [0.2, 0.25) is 0 Å². The van der Waals surface area contributed by atoms with E-state index in [0.29, 0.717) is 50.8 Å². The van der Waals surface area contributed by atoms with Crippen molar-refractivity contribution in [2.45, 2.75) is 6.61 Å². The lowest BCUT2D eigenvalue weighted by Gasteiger charge is -2.03. The SMILES string of the molecule is COCCOCCOCc1ccc(C=O)o1. The fraction of sp³-hybridized carbons (Fsp3) is 0.545. The maximum atomic E-state index is 10.3. The van der Waals surface area contributed by atoms with Crippen molar-refractivity contribution in [1.29, 1.82) is 0 Å². The predicted octanol–water partition coefficient (Wildman–Crippen LogP) is 1.27. The maximum absolute atomic E-state index is 10.3. The van der Waals surface area contributed by atoms with Gasteiger partial charge >= 0.3 is 0 Å². The number of hydrogen-bond donors (Lipinski definition) is 0. The van der Waals surface area contributed by atoms with E-state index >= 15 is 0 Å². The van der Waals surface area contributed by atoms with Crippen LogP contribution in [-0.2, 0) is 20.8 Å². The Hall–Kier alpha value is -1.17. The standard InChI is InChI=1S/C11H16O5/c1-13-4-5-14-6-7-15-9-11-3-2-10(8-12)16-11/h2-3,8H,4-7,9H2,1H3. The molecule has 0 amide bonds. The van der Waals surface area contributed by atoms with E-state index in [1.165, 1.54) is 0 Å². The summed E-state index contributed by atoms with van der Waals surface area (Å²) in [6.07, 6.45) is 0.664. The summed E-state index contributed by atoms with van der Waals surface area (Å²) in [6, 6.07) is 3.33. The van der Waals surface area contributed by atoms with Gasteiger partial charge in [-0.2, -0.15) is 0 Å². The third-order valence-electron chi connectivity index (χ3n) is 1.85. The highest BCUT2D eigenvalue weighted by Gasteiger charge is 2.00. The van der Waals surface area contributed by atoms with Gasteiger partial charge < -0.3 is 18.6 Å². The first-order valence-corrected chi connectivity index (χ1v) is 5.05. The second-order valence-electron chi connectivity index (χ2n) is 3.08. The summed E-state index contributed by atoms with van der Waals surface area (Å²) < 4.78 is 20.4. The number of furan rings is 1. The van der Waals surface area contributed by atoms with Crippen molar-refractivity contribution < 1.29 is 23.4 Å². The Labute approximate surface area is 94.3 Å². The van der Waals surface area contributed by atoms with Gasteiger partial charge in [0.15, 0.2) is 12.0 Å². The van der Waals surface area contributed by atoms with Crippen LogP contribution >= 0.6 is 0 Å². The molecule has 1 heterocycles. The van der Waals surface area contributed by atoms with Crippen LogP contribution in [0, 0.1) is 0 Å². The first kappa shape index (κ1) is 12.9. The summed E-state index contributed by atoms with van der Waals surface area (Å²) in [5.74, 6) is 0.953. The van der Waals surface area contributed by atoms with Gasteiger partial charge in [0.1, 0.15) is 12.4 Å². The van der Waals surface area contributed by atoms with Crippen molar-refractivity contribution in [3.8, 4) is 0 Å². The van der Waals surface area contributed by atoms with E-state index in [1.807, 2.05) is 0 Å². The van der Waals surface area contributed by atoms with E-state index in [0.717, 1.165) is 0 Å². The Morgan fingerprint density at radius 3 is 2.62 bits per heavy atom. The smallest absolute Gasteiger partial charge is 0.185 e. The number of carbonyl (C=O) groups is 1. The Morgan fingerprint density at radius 1 is 1.19 bits per heavy atom. The average Bonchev–Trinajstić information content (AvgIpc) is 2.76. The Balaban J connectivity index is 2.00. The van der Waals surface area contributed by atoms with Crippen LogP contribution in [0.4, 0.5) is 0 Å². The van der Waals surface area contributed by atoms with Crippen molar-refractivity contribution in [2.75, 3.05) is 33.5 Å². The lowest BCUT2D eigenvalue weighted by atomic mass is 10.4. The van der Waals surface area contributed by atoms with E-state index < -0.39 is 0 Å². The molecule has 0 radical (unpaired) electrons. The number of rotatable bonds is 9. The molecule has 5 heteroatoms. The monoisotopic (exact) mass is 228 g/mol. The lowest BCUT2D eigenvalue weighted by Crippen LogP contribution is -2.08. The second-order valence-corrected chi connectivity index (χ2v) is 3.08.